The number of anilines is 1. The molecule has 0 aliphatic heterocycles. The van der Waals surface area contributed by atoms with E-state index in [1.165, 1.54) is 0 Å². The summed E-state index contributed by atoms with van der Waals surface area (Å²) in [4.78, 5) is 17.8. The Morgan fingerprint density at radius 3 is 2.36 bits per heavy atom. The fourth-order valence-electron chi connectivity index (χ4n) is 4.84. The summed E-state index contributed by atoms with van der Waals surface area (Å²) in [5.41, 5.74) is 11.2. The van der Waals surface area contributed by atoms with Crippen molar-refractivity contribution in [1.29, 1.82) is 0 Å². The standard InChI is InChI=1S/C27H29Cl2N3O/c1-15-23(28)11-19(12-24(15)29)18-6-9-25-21(10-18)26(22(14-31-25)27(33)17-4-5-17)32-20-7-2-16(13-30)3-8-20/h6,9-12,14,16-17,20H,2-5,7-8,13,30H2,1H3,(H,31,32)/t16-,20-. The number of benzene rings is 2. The molecule has 2 aliphatic rings. The first-order valence-electron chi connectivity index (χ1n) is 11.8. The van der Waals surface area contributed by atoms with E-state index in [4.69, 9.17) is 28.9 Å². The Labute approximate surface area is 204 Å². The molecule has 5 rings (SSSR count). The molecule has 0 saturated heterocycles. The number of carbonyl (C=O) groups is 1. The molecule has 6 heteroatoms. The summed E-state index contributed by atoms with van der Waals surface area (Å²) in [6, 6.07) is 10.4. The van der Waals surface area contributed by atoms with Crippen molar-refractivity contribution in [3.05, 3.63) is 57.7 Å². The Kier molecular flexibility index (Phi) is 6.34. The zero-order valence-electron chi connectivity index (χ0n) is 18.8. The second-order valence-corrected chi connectivity index (χ2v) is 10.4. The number of aromatic nitrogens is 1. The number of halogens is 2. The Hall–Kier alpha value is -2.14. The Morgan fingerprint density at radius 1 is 1.03 bits per heavy atom. The number of nitrogens with one attached hydrogen (secondary N) is 1. The largest absolute Gasteiger partial charge is 0.381 e. The van der Waals surface area contributed by atoms with E-state index in [2.05, 4.69) is 16.4 Å². The van der Waals surface area contributed by atoms with E-state index >= 15 is 0 Å². The highest BCUT2D eigenvalue weighted by Gasteiger charge is 2.33. The third kappa shape index (κ3) is 4.62. The van der Waals surface area contributed by atoms with Gasteiger partial charge in [0.25, 0.3) is 0 Å². The number of hydrogen-bond acceptors (Lipinski definition) is 4. The Bertz CT molecular complexity index is 1190. The second-order valence-electron chi connectivity index (χ2n) is 9.58. The topological polar surface area (TPSA) is 68.0 Å². The first kappa shape index (κ1) is 22.6. The molecule has 33 heavy (non-hydrogen) atoms. The van der Waals surface area contributed by atoms with Crippen LogP contribution in [-0.4, -0.2) is 23.4 Å². The molecule has 0 unspecified atom stereocenters. The lowest BCUT2D eigenvalue weighted by Crippen LogP contribution is -2.29. The molecule has 2 aromatic carbocycles. The van der Waals surface area contributed by atoms with Gasteiger partial charge in [-0.25, -0.2) is 0 Å². The van der Waals surface area contributed by atoms with Crippen LogP contribution >= 0.6 is 23.2 Å². The molecule has 0 spiro atoms. The number of nitrogens with zero attached hydrogens (tertiary/aromatic N) is 1. The van der Waals surface area contributed by atoms with Gasteiger partial charge in [0.15, 0.2) is 5.78 Å². The third-order valence-corrected chi connectivity index (χ3v) is 8.01. The zero-order valence-corrected chi connectivity index (χ0v) is 20.3. The van der Waals surface area contributed by atoms with Gasteiger partial charge in [-0.1, -0.05) is 29.3 Å². The monoisotopic (exact) mass is 481 g/mol. The van der Waals surface area contributed by atoms with Crippen LogP contribution < -0.4 is 11.1 Å². The van der Waals surface area contributed by atoms with Crippen LogP contribution in [-0.2, 0) is 0 Å². The minimum Gasteiger partial charge on any atom is -0.381 e. The van der Waals surface area contributed by atoms with E-state index in [0.717, 1.165) is 78.4 Å². The summed E-state index contributed by atoms with van der Waals surface area (Å²) in [5.74, 6) is 0.942. The SMILES string of the molecule is Cc1c(Cl)cc(-c2ccc3ncc(C(=O)C4CC4)c(N[C@H]4CC[C@H](CN)CC4)c3c2)cc1Cl. The number of ketones is 1. The van der Waals surface area contributed by atoms with E-state index in [-0.39, 0.29) is 11.7 Å². The van der Waals surface area contributed by atoms with E-state index in [9.17, 15) is 4.79 Å². The first-order valence-corrected chi connectivity index (χ1v) is 12.6. The molecule has 0 radical (unpaired) electrons. The molecule has 172 valence electrons. The maximum absolute atomic E-state index is 13.2. The first-order chi connectivity index (χ1) is 15.9. The Morgan fingerprint density at radius 2 is 1.73 bits per heavy atom. The molecule has 2 aliphatic carbocycles. The van der Waals surface area contributed by atoms with Crippen molar-refractivity contribution in [1.82, 2.24) is 4.98 Å². The fourth-order valence-corrected chi connectivity index (χ4v) is 5.33. The highest BCUT2D eigenvalue weighted by atomic mass is 35.5. The molecule has 1 heterocycles. The fraction of sp³-hybridized carbons (Fsp3) is 0.407. The molecule has 2 saturated carbocycles. The maximum Gasteiger partial charge on any atom is 0.169 e. The molecule has 1 aromatic heterocycles. The van der Waals surface area contributed by atoms with Crippen LogP contribution in [0, 0.1) is 18.8 Å². The van der Waals surface area contributed by atoms with Gasteiger partial charge in [0.05, 0.1) is 16.8 Å². The minimum absolute atomic E-state index is 0.135. The number of Topliss-reactive ketones (excluding diaryl/α,β-unsaturated/α-hetero) is 1. The van der Waals surface area contributed by atoms with Gasteiger partial charge in [0, 0.05) is 33.6 Å². The van der Waals surface area contributed by atoms with Gasteiger partial charge in [0.2, 0.25) is 0 Å². The number of carbonyl (C=O) groups excluding carboxylic acids is 1. The van der Waals surface area contributed by atoms with Crippen molar-refractivity contribution in [3.8, 4) is 11.1 Å². The summed E-state index contributed by atoms with van der Waals surface area (Å²) in [6.07, 6.45) is 8.06. The van der Waals surface area contributed by atoms with Crippen molar-refractivity contribution in [3.63, 3.8) is 0 Å². The summed E-state index contributed by atoms with van der Waals surface area (Å²) in [7, 11) is 0. The lowest BCUT2D eigenvalue weighted by molar-refractivity contribution is 0.0968. The van der Waals surface area contributed by atoms with E-state index in [1.807, 2.05) is 31.2 Å². The highest BCUT2D eigenvalue weighted by Crippen LogP contribution is 2.39. The van der Waals surface area contributed by atoms with Crippen LogP contribution in [0.25, 0.3) is 22.0 Å². The predicted molar refractivity (Wildman–Crippen MR) is 137 cm³/mol. The van der Waals surface area contributed by atoms with Gasteiger partial charge >= 0.3 is 0 Å². The smallest absolute Gasteiger partial charge is 0.169 e. The van der Waals surface area contributed by atoms with Gasteiger partial charge in [-0.2, -0.15) is 0 Å². The van der Waals surface area contributed by atoms with Gasteiger partial charge in [-0.3, -0.25) is 9.78 Å². The number of rotatable bonds is 6. The molecule has 0 bridgehead atoms. The summed E-state index contributed by atoms with van der Waals surface area (Å²) >= 11 is 12.8. The van der Waals surface area contributed by atoms with Crippen LogP contribution in [0.1, 0.15) is 54.4 Å². The van der Waals surface area contributed by atoms with Crippen LogP contribution in [0.15, 0.2) is 36.5 Å². The lowest BCUT2D eigenvalue weighted by atomic mass is 9.85. The summed E-state index contributed by atoms with van der Waals surface area (Å²) < 4.78 is 0. The maximum atomic E-state index is 13.2. The van der Waals surface area contributed by atoms with Gasteiger partial charge in [0.1, 0.15) is 0 Å². The van der Waals surface area contributed by atoms with Crippen LogP contribution in [0.3, 0.4) is 0 Å². The number of fused-ring (bicyclic) bond motifs is 1. The van der Waals surface area contributed by atoms with Crippen molar-refractivity contribution < 1.29 is 4.79 Å². The van der Waals surface area contributed by atoms with Crippen molar-refractivity contribution >= 4 is 45.6 Å². The normalized spacial score (nSPS) is 20.7. The summed E-state index contributed by atoms with van der Waals surface area (Å²) in [6.45, 7) is 2.66. The van der Waals surface area contributed by atoms with E-state index in [0.29, 0.717) is 27.6 Å². The molecule has 3 aromatic rings. The van der Waals surface area contributed by atoms with Crippen LogP contribution in [0.5, 0.6) is 0 Å². The molecular formula is C27H29Cl2N3O. The molecule has 4 nitrogen and oxygen atoms in total. The van der Waals surface area contributed by atoms with E-state index in [1.54, 1.807) is 6.20 Å². The molecule has 2 fully saturated rings. The van der Waals surface area contributed by atoms with Gasteiger partial charge in [-0.05, 0) is 98.9 Å². The third-order valence-electron chi connectivity index (χ3n) is 7.22. The van der Waals surface area contributed by atoms with Crippen molar-refractivity contribution in [2.24, 2.45) is 17.6 Å². The average Bonchev–Trinajstić information content (AvgIpc) is 3.68. The van der Waals surface area contributed by atoms with Crippen LogP contribution in [0.2, 0.25) is 10.0 Å². The quantitative estimate of drug-likeness (QED) is 0.370. The van der Waals surface area contributed by atoms with E-state index < -0.39 is 0 Å². The van der Waals surface area contributed by atoms with Gasteiger partial charge < -0.3 is 11.1 Å². The average molecular weight is 482 g/mol. The molecule has 0 atom stereocenters. The number of nitrogens with two attached hydrogens (primary N) is 1. The predicted octanol–water partition coefficient (Wildman–Crippen LogP) is 7.04. The number of hydrogen-bond donors (Lipinski definition) is 2. The molecule has 3 N–H and O–H groups in total. The minimum atomic E-state index is 0.135. The summed E-state index contributed by atoms with van der Waals surface area (Å²) in [5, 5.41) is 6.01. The lowest BCUT2D eigenvalue weighted by Gasteiger charge is -2.30. The second kappa shape index (κ2) is 9.25. The van der Waals surface area contributed by atoms with Crippen molar-refractivity contribution in [2.75, 3.05) is 11.9 Å². The van der Waals surface area contributed by atoms with Gasteiger partial charge in [-0.15, -0.1) is 0 Å². The molecule has 0 amide bonds. The van der Waals surface area contributed by atoms with Crippen LogP contribution in [0.4, 0.5) is 5.69 Å². The highest BCUT2D eigenvalue weighted by molar-refractivity contribution is 6.36. The Balaban J connectivity index is 1.59. The zero-order chi connectivity index (χ0) is 23.1. The molecular weight excluding hydrogens is 453 g/mol. The number of pyridine rings is 1. The van der Waals surface area contributed by atoms with Crippen molar-refractivity contribution in [2.45, 2.75) is 51.5 Å².